The Bertz CT molecular complexity index is 1820. The van der Waals surface area contributed by atoms with E-state index in [4.69, 9.17) is 32.5 Å². The van der Waals surface area contributed by atoms with Gasteiger partial charge in [-0.15, -0.1) is 0 Å². The van der Waals surface area contributed by atoms with Gasteiger partial charge in [-0.05, 0) is 112 Å². The highest BCUT2D eigenvalue weighted by Crippen LogP contribution is 2.39. The molecule has 0 spiro atoms. The van der Waals surface area contributed by atoms with Crippen molar-refractivity contribution in [1.29, 1.82) is 0 Å². The third-order valence-corrected chi connectivity index (χ3v) is 23.2. The zero-order valence-electron chi connectivity index (χ0n) is 43.8. The monoisotopic (exact) mass is 959 g/mol. The zero-order valence-corrected chi connectivity index (χ0v) is 45.8. The molecule has 0 saturated carbocycles. The summed E-state index contributed by atoms with van der Waals surface area (Å²) in [7, 11) is -3.17. The smallest absolute Gasteiger partial charge is 0.261 e. The molecule has 9 atom stereocenters. The minimum Gasteiger partial charge on any atom is -0.417 e. The normalized spacial score (nSPS) is 21.5. The molecular weight excluding hydrogens is 869 g/mol. The molecule has 0 unspecified atom stereocenters. The summed E-state index contributed by atoms with van der Waals surface area (Å²) < 4.78 is 46.0. The van der Waals surface area contributed by atoms with Crippen LogP contribution < -0.4 is 10.4 Å². The van der Waals surface area contributed by atoms with Crippen molar-refractivity contribution in [3.05, 3.63) is 121 Å². The van der Waals surface area contributed by atoms with Gasteiger partial charge in [-0.25, -0.2) is 0 Å². The van der Waals surface area contributed by atoms with Crippen molar-refractivity contribution in [3.8, 4) is 0 Å². The molecule has 2 heterocycles. The van der Waals surface area contributed by atoms with E-state index in [0.29, 0.717) is 31.8 Å². The van der Waals surface area contributed by atoms with E-state index < -0.39 is 34.9 Å². The standard InChI is InChI=1S/C57H90O8Si2/c1-43-33-35-60-49(38-43)31-32-54(61-42-59-12)55(65-67(57(9,10)11,52-26-17-15-18-27-52)53-28-19-16-20-29-53)30-22-25-50(63-47(5)41-46(4)58)39-44(2)37-45(3)40-51-24-21-23-48(64-51)34-36-62-66(13,14)56(6,7)8/h15-23,25-29,31-33,45-51,54-55,58H,2,24,30,34-42H2,1,3-14H3/b25-22+,32-31+/t45-,46+,47+,48-,49+,50+,51-,54-,55-/m0/s1. The van der Waals surface area contributed by atoms with Crippen LogP contribution in [0.1, 0.15) is 121 Å². The van der Waals surface area contributed by atoms with Crippen LogP contribution in [0.3, 0.4) is 0 Å². The Morgan fingerprint density at radius 2 is 1.58 bits per heavy atom. The van der Waals surface area contributed by atoms with Crippen molar-refractivity contribution in [2.45, 2.75) is 193 Å². The minimum absolute atomic E-state index is 0.0566. The summed E-state index contributed by atoms with van der Waals surface area (Å²) in [5, 5.41) is 12.7. The Balaban J connectivity index is 1.59. The molecule has 2 aromatic carbocycles. The van der Waals surface area contributed by atoms with E-state index in [1.807, 2.05) is 13.8 Å². The second-order valence-electron chi connectivity index (χ2n) is 22.0. The Labute approximate surface area is 409 Å². The first-order valence-corrected chi connectivity index (χ1v) is 29.9. The summed E-state index contributed by atoms with van der Waals surface area (Å²) in [6.45, 7) is 32.7. The molecular formula is C57H90O8Si2. The van der Waals surface area contributed by atoms with Gasteiger partial charge in [-0.1, -0.05) is 169 Å². The SMILES string of the molecule is C=C(C[C@H](C)C[C@@H]1CC=C[C@@H](CCO[Si](C)(C)C(C)(C)C)O1)C[C@@H](/C=C/C[C@H](O[Si](c1ccccc1)(c1ccccc1)C(C)(C)C)[C@H](/C=C/[C@@H]1CC(C)=CCO1)OCOC)O[C@H](C)C[C@@H](C)O. The molecule has 67 heavy (non-hydrogen) atoms. The highest BCUT2D eigenvalue weighted by atomic mass is 28.4. The summed E-state index contributed by atoms with van der Waals surface area (Å²) in [6, 6.07) is 21.5. The first kappa shape index (κ1) is 56.8. The van der Waals surface area contributed by atoms with Crippen molar-refractivity contribution >= 4 is 27.0 Å². The van der Waals surface area contributed by atoms with E-state index in [9.17, 15) is 5.11 Å². The van der Waals surface area contributed by atoms with E-state index in [1.165, 1.54) is 15.9 Å². The van der Waals surface area contributed by atoms with Crippen LogP contribution in [0.4, 0.5) is 0 Å². The maximum atomic E-state index is 10.3. The molecule has 2 aliphatic rings. The molecule has 0 radical (unpaired) electrons. The summed E-state index contributed by atoms with van der Waals surface area (Å²) >= 11 is 0. The molecule has 0 bridgehead atoms. The van der Waals surface area contributed by atoms with E-state index in [1.54, 1.807) is 7.11 Å². The van der Waals surface area contributed by atoms with E-state index in [2.05, 4.69) is 178 Å². The lowest BCUT2D eigenvalue weighted by Crippen LogP contribution is -2.68. The lowest BCUT2D eigenvalue weighted by molar-refractivity contribution is -0.0889. The molecule has 0 saturated heterocycles. The van der Waals surface area contributed by atoms with Crippen molar-refractivity contribution < 1.29 is 37.6 Å². The molecule has 1 N–H and O–H groups in total. The Hall–Kier alpha value is -2.75. The topological polar surface area (TPSA) is 84.8 Å². The summed E-state index contributed by atoms with van der Waals surface area (Å²) in [4.78, 5) is 0. The average molecular weight is 960 g/mol. The number of aliphatic hydroxyl groups excluding tert-OH is 1. The second-order valence-corrected chi connectivity index (χ2v) is 31.0. The Morgan fingerprint density at radius 1 is 0.925 bits per heavy atom. The van der Waals surface area contributed by atoms with Crippen molar-refractivity contribution in [3.63, 3.8) is 0 Å². The molecule has 374 valence electrons. The minimum atomic E-state index is -3.03. The van der Waals surface area contributed by atoms with E-state index in [0.717, 1.165) is 44.3 Å². The number of benzene rings is 2. The predicted octanol–water partition coefficient (Wildman–Crippen LogP) is 12.2. The molecule has 0 fully saturated rings. The maximum Gasteiger partial charge on any atom is 0.261 e. The Kier molecular flexibility index (Phi) is 22.9. The lowest BCUT2D eigenvalue weighted by Gasteiger charge is -2.46. The highest BCUT2D eigenvalue weighted by molar-refractivity contribution is 6.99. The van der Waals surface area contributed by atoms with Crippen molar-refractivity contribution in [2.24, 2.45) is 5.92 Å². The van der Waals surface area contributed by atoms with Crippen molar-refractivity contribution in [2.75, 3.05) is 27.1 Å². The number of hydrogen-bond acceptors (Lipinski definition) is 8. The fourth-order valence-corrected chi connectivity index (χ4v) is 14.9. The highest BCUT2D eigenvalue weighted by Gasteiger charge is 2.52. The van der Waals surface area contributed by atoms with E-state index >= 15 is 0 Å². The number of hydrogen-bond donors (Lipinski definition) is 1. The average Bonchev–Trinajstić information content (AvgIpc) is 3.24. The van der Waals surface area contributed by atoms with Gasteiger partial charge in [-0.2, -0.15) is 0 Å². The lowest BCUT2D eigenvalue weighted by atomic mass is 9.91. The van der Waals surface area contributed by atoms with Gasteiger partial charge in [0.25, 0.3) is 8.32 Å². The van der Waals surface area contributed by atoms with Gasteiger partial charge < -0.3 is 37.6 Å². The van der Waals surface area contributed by atoms with Gasteiger partial charge in [0.1, 0.15) is 12.9 Å². The largest absolute Gasteiger partial charge is 0.417 e. The fourth-order valence-electron chi connectivity index (χ4n) is 9.18. The van der Waals surface area contributed by atoms with Crippen LogP contribution in [0, 0.1) is 5.92 Å². The molecule has 10 heteroatoms. The fraction of sp³-hybridized carbons (Fsp3) is 0.614. The third kappa shape index (κ3) is 18.2. The van der Waals surface area contributed by atoms with Gasteiger partial charge in [0.2, 0.25) is 0 Å². The number of methoxy groups -OCH3 is 1. The first-order valence-electron chi connectivity index (χ1n) is 25.1. The van der Waals surface area contributed by atoms with Gasteiger partial charge >= 0.3 is 0 Å². The van der Waals surface area contributed by atoms with Gasteiger partial charge in [0.15, 0.2) is 8.32 Å². The van der Waals surface area contributed by atoms with E-state index in [-0.39, 0.29) is 47.4 Å². The van der Waals surface area contributed by atoms with Crippen LogP contribution >= 0.6 is 0 Å². The van der Waals surface area contributed by atoms with Crippen molar-refractivity contribution in [1.82, 2.24) is 0 Å². The predicted molar refractivity (Wildman–Crippen MR) is 283 cm³/mol. The molecule has 0 aromatic heterocycles. The van der Waals surface area contributed by atoms with Crippen LogP contribution in [0.2, 0.25) is 23.2 Å². The van der Waals surface area contributed by atoms with Crippen LogP contribution in [-0.2, 0) is 32.5 Å². The molecule has 0 aliphatic carbocycles. The third-order valence-electron chi connectivity index (χ3n) is 13.7. The van der Waals surface area contributed by atoms with Gasteiger partial charge in [0.05, 0.1) is 49.3 Å². The van der Waals surface area contributed by atoms with Gasteiger partial charge in [0, 0.05) is 13.7 Å². The molecule has 0 amide bonds. The molecule has 4 rings (SSSR count). The maximum absolute atomic E-state index is 10.3. The molecule has 2 aromatic rings. The number of rotatable bonds is 27. The Morgan fingerprint density at radius 3 is 2.16 bits per heavy atom. The van der Waals surface area contributed by atoms with Crippen LogP contribution in [0.25, 0.3) is 0 Å². The number of aliphatic hydroxyl groups is 1. The second kappa shape index (κ2) is 27.0. The summed E-state index contributed by atoms with van der Waals surface area (Å²) in [5.41, 5.74) is 2.45. The first-order chi connectivity index (χ1) is 31.6. The number of ether oxygens (including phenoxy) is 5. The summed E-state index contributed by atoms with van der Waals surface area (Å²) in [6.07, 6.45) is 20.0. The van der Waals surface area contributed by atoms with Gasteiger partial charge in [-0.3, -0.25) is 0 Å². The summed E-state index contributed by atoms with van der Waals surface area (Å²) in [5.74, 6) is 0.384. The van der Waals surface area contributed by atoms with Crippen LogP contribution in [-0.4, -0.2) is 97.7 Å². The quantitative estimate of drug-likeness (QED) is 0.0539. The van der Waals surface area contributed by atoms with Crippen LogP contribution in [0.5, 0.6) is 0 Å². The molecule has 2 aliphatic heterocycles. The van der Waals surface area contributed by atoms with Crippen LogP contribution in [0.15, 0.2) is 121 Å². The molecule has 8 nitrogen and oxygen atoms in total. The zero-order chi connectivity index (χ0) is 49.3.